The summed E-state index contributed by atoms with van der Waals surface area (Å²) in [5, 5.41) is 3.53. The summed E-state index contributed by atoms with van der Waals surface area (Å²) in [4.78, 5) is 25.8. The highest BCUT2D eigenvalue weighted by Gasteiger charge is 2.22. The summed E-state index contributed by atoms with van der Waals surface area (Å²) in [5.41, 5.74) is 0.498. The van der Waals surface area contributed by atoms with Crippen LogP contribution in [-0.2, 0) is 9.59 Å². The lowest BCUT2D eigenvalue weighted by Gasteiger charge is -2.30. The Balaban J connectivity index is 1.90. The standard InChI is InChI=1S/C15H18Cl2N2O2/c1-10-3-2-4-19(9-10)15(21)8-14(20)18-13-6-11(16)5-12(17)7-13/h5-7,10H,2-4,8-9H2,1H3,(H,18,20). The van der Waals surface area contributed by atoms with Gasteiger partial charge in [0.1, 0.15) is 6.42 Å². The van der Waals surface area contributed by atoms with E-state index >= 15 is 0 Å². The first-order valence-corrected chi connectivity index (χ1v) is 7.73. The van der Waals surface area contributed by atoms with Gasteiger partial charge in [0.15, 0.2) is 0 Å². The summed E-state index contributed by atoms with van der Waals surface area (Å²) in [7, 11) is 0. The van der Waals surface area contributed by atoms with Crippen molar-refractivity contribution in [3.8, 4) is 0 Å². The second-order valence-electron chi connectivity index (χ2n) is 5.47. The minimum absolute atomic E-state index is 0.132. The molecule has 1 saturated heterocycles. The maximum Gasteiger partial charge on any atom is 0.233 e. The molecule has 1 aromatic rings. The van der Waals surface area contributed by atoms with E-state index in [-0.39, 0.29) is 18.2 Å². The fourth-order valence-electron chi connectivity index (χ4n) is 2.50. The van der Waals surface area contributed by atoms with Crippen molar-refractivity contribution in [2.45, 2.75) is 26.2 Å². The number of hydrogen-bond acceptors (Lipinski definition) is 2. The van der Waals surface area contributed by atoms with E-state index in [1.54, 1.807) is 23.1 Å². The van der Waals surface area contributed by atoms with Gasteiger partial charge in [-0.25, -0.2) is 0 Å². The summed E-state index contributed by atoms with van der Waals surface area (Å²) in [6.07, 6.45) is 1.98. The average Bonchev–Trinajstić information content (AvgIpc) is 2.37. The molecular weight excluding hydrogens is 311 g/mol. The van der Waals surface area contributed by atoms with Crippen molar-refractivity contribution < 1.29 is 9.59 Å². The number of amides is 2. The van der Waals surface area contributed by atoms with E-state index in [2.05, 4.69) is 12.2 Å². The third kappa shape index (κ3) is 4.90. The van der Waals surface area contributed by atoms with Crippen LogP contribution in [0.25, 0.3) is 0 Å². The molecule has 1 aliphatic rings. The smallest absolute Gasteiger partial charge is 0.233 e. The molecule has 1 N–H and O–H groups in total. The van der Waals surface area contributed by atoms with E-state index in [1.807, 2.05) is 0 Å². The number of benzene rings is 1. The highest BCUT2D eigenvalue weighted by molar-refractivity contribution is 6.35. The van der Waals surface area contributed by atoms with Crippen LogP contribution in [0.3, 0.4) is 0 Å². The van der Waals surface area contributed by atoms with Crippen LogP contribution in [-0.4, -0.2) is 29.8 Å². The Morgan fingerprint density at radius 3 is 2.57 bits per heavy atom. The summed E-state index contributed by atoms with van der Waals surface area (Å²) in [6.45, 7) is 3.59. The zero-order chi connectivity index (χ0) is 15.4. The lowest BCUT2D eigenvalue weighted by molar-refractivity contribution is -0.136. The van der Waals surface area contributed by atoms with Gasteiger partial charge in [-0.15, -0.1) is 0 Å². The third-order valence-electron chi connectivity index (χ3n) is 3.47. The van der Waals surface area contributed by atoms with Gasteiger partial charge in [-0.1, -0.05) is 30.1 Å². The molecule has 114 valence electrons. The summed E-state index contributed by atoms with van der Waals surface area (Å²) in [5.74, 6) is 0.0150. The molecule has 0 aromatic heterocycles. The van der Waals surface area contributed by atoms with E-state index in [1.165, 1.54) is 0 Å². The summed E-state index contributed by atoms with van der Waals surface area (Å²) in [6, 6.07) is 4.77. The number of piperidine rings is 1. The zero-order valence-corrected chi connectivity index (χ0v) is 13.4. The number of carbonyl (C=O) groups is 2. The highest BCUT2D eigenvalue weighted by Crippen LogP contribution is 2.22. The number of carbonyl (C=O) groups excluding carboxylic acids is 2. The van der Waals surface area contributed by atoms with Gasteiger partial charge in [-0.05, 0) is 37.0 Å². The minimum atomic E-state index is -0.350. The molecule has 0 spiro atoms. The predicted molar refractivity (Wildman–Crippen MR) is 84.7 cm³/mol. The number of likely N-dealkylation sites (tertiary alicyclic amines) is 1. The van der Waals surface area contributed by atoms with Gasteiger partial charge in [0.25, 0.3) is 0 Å². The van der Waals surface area contributed by atoms with Gasteiger partial charge in [-0.3, -0.25) is 9.59 Å². The molecule has 2 rings (SSSR count). The Morgan fingerprint density at radius 1 is 1.29 bits per heavy atom. The fraction of sp³-hybridized carbons (Fsp3) is 0.467. The van der Waals surface area contributed by atoms with Crippen molar-refractivity contribution in [2.75, 3.05) is 18.4 Å². The van der Waals surface area contributed by atoms with Crippen molar-refractivity contribution in [1.82, 2.24) is 4.90 Å². The molecule has 1 heterocycles. The van der Waals surface area contributed by atoms with E-state index < -0.39 is 0 Å². The number of halogens is 2. The molecule has 1 aromatic carbocycles. The number of hydrogen-bond donors (Lipinski definition) is 1. The molecule has 4 nitrogen and oxygen atoms in total. The van der Waals surface area contributed by atoms with E-state index in [0.717, 1.165) is 25.9 Å². The first kappa shape index (κ1) is 16.1. The van der Waals surface area contributed by atoms with E-state index in [9.17, 15) is 9.59 Å². The maximum atomic E-state index is 12.1. The molecule has 1 atom stereocenters. The molecule has 1 unspecified atom stereocenters. The first-order chi connectivity index (χ1) is 9.94. The Morgan fingerprint density at radius 2 is 1.95 bits per heavy atom. The lowest BCUT2D eigenvalue weighted by atomic mass is 10.00. The molecule has 0 aliphatic carbocycles. The van der Waals surface area contributed by atoms with Crippen LogP contribution >= 0.6 is 23.2 Å². The molecular formula is C15H18Cl2N2O2. The van der Waals surface area contributed by atoms with Crippen molar-refractivity contribution in [2.24, 2.45) is 5.92 Å². The largest absolute Gasteiger partial charge is 0.342 e. The van der Waals surface area contributed by atoms with E-state index in [4.69, 9.17) is 23.2 Å². The van der Waals surface area contributed by atoms with Gasteiger partial charge in [0.05, 0.1) is 0 Å². The zero-order valence-electron chi connectivity index (χ0n) is 11.9. The summed E-state index contributed by atoms with van der Waals surface area (Å²) < 4.78 is 0. The molecule has 6 heteroatoms. The van der Waals surface area contributed by atoms with Crippen LogP contribution in [0.1, 0.15) is 26.2 Å². The second-order valence-corrected chi connectivity index (χ2v) is 6.34. The van der Waals surface area contributed by atoms with Crippen LogP contribution < -0.4 is 5.32 Å². The average molecular weight is 329 g/mol. The first-order valence-electron chi connectivity index (χ1n) is 6.98. The minimum Gasteiger partial charge on any atom is -0.342 e. The summed E-state index contributed by atoms with van der Waals surface area (Å²) >= 11 is 11.7. The topological polar surface area (TPSA) is 49.4 Å². The van der Waals surface area contributed by atoms with Crippen molar-refractivity contribution in [3.63, 3.8) is 0 Å². The van der Waals surface area contributed by atoms with Gasteiger partial charge < -0.3 is 10.2 Å². The van der Waals surface area contributed by atoms with Gasteiger partial charge in [0, 0.05) is 28.8 Å². The van der Waals surface area contributed by atoms with Gasteiger partial charge in [0.2, 0.25) is 11.8 Å². The van der Waals surface area contributed by atoms with Crippen LogP contribution in [0.4, 0.5) is 5.69 Å². The molecule has 21 heavy (non-hydrogen) atoms. The molecule has 0 saturated carbocycles. The highest BCUT2D eigenvalue weighted by atomic mass is 35.5. The maximum absolute atomic E-state index is 12.1. The van der Waals surface area contributed by atoms with Crippen LogP contribution in [0, 0.1) is 5.92 Å². The molecule has 1 aliphatic heterocycles. The van der Waals surface area contributed by atoms with Crippen LogP contribution in [0.5, 0.6) is 0 Å². The number of anilines is 1. The Labute approximate surface area is 134 Å². The molecule has 0 bridgehead atoms. The normalized spacial score (nSPS) is 18.4. The Kier molecular flexibility index (Phi) is 5.48. The molecule has 2 amide bonds. The fourth-order valence-corrected chi connectivity index (χ4v) is 3.02. The Hall–Kier alpha value is -1.26. The van der Waals surface area contributed by atoms with E-state index in [0.29, 0.717) is 21.7 Å². The van der Waals surface area contributed by atoms with Crippen LogP contribution in [0.2, 0.25) is 10.0 Å². The predicted octanol–water partition coefficient (Wildman–Crippen LogP) is 3.58. The molecule has 0 radical (unpaired) electrons. The SMILES string of the molecule is CC1CCCN(C(=O)CC(=O)Nc2cc(Cl)cc(Cl)c2)C1. The lowest BCUT2D eigenvalue weighted by Crippen LogP contribution is -2.40. The quantitative estimate of drug-likeness (QED) is 0.862. The van der Waals surface area contributed by atoms with Crippen molar-refractivity contribution in [1.29, 1.82) is 0 Å². The van der Waals surface area contributed by atoms with Crippen LogP contribution in [0.15, 0.2) is 18.2 Å². The number of nitrogens with one attached hydrogen (secondary N) is 1. The molecule has 1 fully saturated rings. The van der Waals surface area contributed by atoms with Crippen molar-refractivity contribution >= 4 is 40.7 Å². The second kappa shape index (κ2) is 7.14. The van der Waals surface area contributed by atoms with Crippen molar-refractivity contribution in [3.05, 3.63) is 28.2 Å². The van der Waals surface area contributed by atoms with Gasteiger partial charge in [-0.2, -0.15) is 0 Å². The Bertz CT molecular complexity index is 528. The monoisotopic (exact) mass is 328 g/mol. The third-order valence-corrected chi connectivity index (χ3v) is 3.90. The number of nitrogens with zero attached hydrogens (tertiary/aromatic N) is 1. The van der Waals surface area contributed by atoms with Gasteiger partial charge >= 0.3 is 0 Å². The number of rotatable bonds is 3.